The van der Waals surface area contributed by atoms with Crippen LogP contribution in [0, 0.1) is 6.92 Å². The van der Waals surface area contributed by atoms with Crippen molar-refractivity contribution in [3.8, 4) is 11.1 Å². The number of amides is 1. The molecule has 0 bridgehead atoms. The van der Waals surface area contributed by atoms with E-state index in [-0.39, 0.29) is 17.7 Å². The predicted molar refractivity (Wildman–Crippen MR) is 152 cm³/mol. The maximum absolute atomic E-state index is 13.6. The Labute approximate surface area is 230 Å². The summed E-state index contributed by atoms with van der Waals surface area (Å²) in [6.45, 7) is 3.29. The SMILES string of the molecule is Cc1ccc(C(=O)Nc2cc(C(F)(F)F)ccc2N2CCC[C@H](N(C)C)C2)cc1-c1ccc2nc(N)ncc2c1. The zero-order valence-electron chi connectivity index (χ0n) is 22.6. The molecule has 208 valence electrons. The van der Waals surface area contributed by atoms with Crippen molar-refractivity contribution in [1.82, 2.24) is 14.9 Å². The molecule has 7 nitrogen and oxygen atoms in total. The Hall–Kier alpha value is -4.18. The minimum Gasteiger partial charge on any atom is -0.368 e. The third-order valence-corrected chi connectivity index (χ3v) is 7.45. The van der Waals surface area contributed by atoms with Gasteiger partial charge in [0, 0.05) is 36.3 Å². The lowest BCUT2D eigenvalue weighted by Gasteiger charge is -2.38. The van der Waals surface area contributed by atoms with E-state index in [2.05, 4.69) is 25.1 Å². The summed E-state index contributed by atoms with van der Waals surface area (Å²) in [6, 6.07) is 14.7. The monoisotopic (exact) mass is 548 g/mol. The molecule has 4 aromatic rings. The maximum Gasteiger partial charge on any atom is 0.416 e. The van der Waals surface area contributed by atoms with E-state index in [0.717, 1.165) is 47.1 Å². The van der Waals surface area contributed by atoms with E-state index in [1.54, 1.807) is 18.3 Å². The van der Waals surface area contributed by atoms with Crippen LogP contribution in [0.2, 0.25) is 0 Å². The number of hydrogen-bond acceptors (Lipinski definition) is 6. The smallest absolute Gasteiger partial charge is 0.368 e. The van der Waals surface area contributed by atoms with E-state index < -0.39 is 17.6 Å². The van der Waals surface area contributed by atoms with Gasteiger partial charge in [-0.15, -0.1) is 0 Å². The normalized spacial score (nSPS) is 16.0. The first-order valence-corrected chi connectivity index (χ1v) is 13.1. The molecule has 5 rings (SSSR count). The highest BCUT2D eigenvalue weighted by Crippen LogP contribution is 2.37. The van der Waals surface area contributed by atoms with E-state index >= 15 is 0 Å². The first-order chi connectivity index (χ1) is 19.0. The van der Waals surface area contributed by atoms with E-state index in [1.165, 1.54) is 6.07 Å². The second-order valence-corrected chi connectivity index (χ2v) is 10.4. The number of aromatic nitrogens is 2. The highest BCUT2D eigenvalue weighted by Gasteiger charge is 2.32. The van der Waals surface area contributed by atoms with Crippen molar-refractivity contribution in [3.05, 3.63) is 77.5 Å². The fourth-order valence-corrected chi connectivity index (χ4v) is 5.17. The molecule has 1 aliphatic rings. The van der Waals surface area contributed by atoms with Gasteiger partial charge in [0.05, 0.1) is 22.5 Å². The van der Waals surface area contributed by atoms with Crippen molar-refractivity contribution in [2.24, 2.45) is 0 Å². The van der Waals surface area contributed by atoms with Crippen LogP contribution >= 0.6 is 0 Å². The Morgan fingerprint density at radius 1 is 1.10 bits per heavy atom. The van der Waals surface area contributed by atoms with E-state index in [4.69, 9.17) is 5.73 Å². The van der Waals surface area contributed by atoms with Gasteiger partial charge in [-0.05, 0) is 93.0 Å². The number of hydrogen-bond donors (Lipinski definition) is 2. The number of halogens is 3. The second-order valence-electron chi connectivity index (χ2n) is 10.4. The lowest BCUT2D eigenvalue weighted by atomic mass is 9.96. The van der Waals surface area contributed by atoms with Gasteiger partial charge < -0.3 is 20.9 Å². The predicted octanol–water partition coefficient (Wildman–Crippen LogP) is 5.99. The number of carbonyl (C=O) groups excluding carboxylic acids is 1. The lowest BCUT2D eigenvalue weighted by Crippen LogP contribution is -2.45. The molecule has 10 heteroatoms. The summed E-state index contributed by atoms with van der Waals surface area (Å²) in [4.78, 5) is 25.9. The number of nitrogens with one attached hydrogen (secondary N) is 1. The molecule has 0 saturated carbocycles. The number of aryl methyl sites for hydroxylation is 1. The number of fused-ring (bicyclic) bond motifs is 1. The first kappa shape index (κ1) is 27.4. The number of carbonyl (C=O) groups is 1. The van der Waals surface area contributed by atoms with Crippen molar-refractivity contribution < 1.29 is 18.0 Å². The molecule has 2 heterocycles. The molecule has 1 fully saturated rings. The van der Waals surface area contributed by atoms with Crippen molar-refractivity contribution in [3.63, 3.8) is 0 Å². The van der Waals surface area contributed by atoms with E-state index in [1.807, 2.05) is 45.3 Å². The highest BCUT2D eigenvalue weighted by atomic mass is 19.4. The lowest BCUT2D eigenvalue weighted by molar-refractivity contribution is -0.137. The number of piperidine rings is 1. The van der Waals surface area contributed by atoms with Crippen LogP contribution in [-0.4, -0.2) is 54.0 Å². The van der Waals surface area contributed by atoms with E-state index in [0.29, 0.717) is 29.9 Å². The number of anilines is 3. The summed E-state index contributed by atoms with van der Waals surface area (Å²) in [6.07, 6.45) is -0.981. The highest BCUT2D eigenvalue weighted by molar-refractivity contribution is 6.07. The van der Waals surface area contributed by atoms with Gasteiger partial charge in [-0.25, -0.2) is 9.97 Å². The number of benzene rings is 3. The average molecular weight is 549 g/mol. The number of likely N-dealkylation sites (N-methyl/N-ethyl adjacent to an activating group) is 1. The molecule has 1 aromatic heterocycles. The maximum atomic E-state index is 13.6. The Morgan fingerprint density at radius 2 is 1.90 bits per heavy atom. The number of nitrogens with zero attached hydrogens (tertiary/aromatic N) is 4. The number of nitrogens with two attached hydrogens (primary N) is 1. The van der Waals surface area contributed by atoms with Crippen LogP contribution in [-0.2, 0) is 6.18 Å². The minimum atomic E-state index is -4.53. The van der Waals surface area contributed by atoms with Crippen LogP contribution in [0.25, 0.3) is 22.0 Å². The molecule has 40 heavy (non-hydrogen) atoms. The Morgan fingerprint density at radius 3 is 2.65 bits per heavy atom. The fraction of sp³-hybridized carbons (Fsp3) is 0.300. The van der Waals surface area contributed by atoms with Gasteiger partial charge in [0.15, 0.2) is 0 Å². The third-order valence-electron chi connectivity index (χ3n) is 7.45. The molecule has 3 aromatic carbocycles. The molecule has 0 aliphatic carbocycles. The van der Waals surface area contributed by atoms with Gasteiger partial charge in [0.25, 0.3) is 5.91 Å². The van der Waals surface area contributed by atoms with Crippen LogP contribution in [0.1, 0.15) is 34.3 Å². The van der Waals surface area contributed by atoms with Gasteiger partial charge in [-0.2, -0.15) is 13.2 Å². The molecule has 1 saturated heterocycles. The van der Waals surface area contributed by atoms with Crippen LogP contribution in [0.15, 0.2) is 60.8 Å². The quantitative estimate of drug-likeness (QED) is 0.319. The molecule has 1 aliphatic heterocycles. The molecular formula is C30H31F3N6O. The Balaban J connectivity index is 1.48. The van der Waals surface area contributed by atoms with Crippen LogP contribution in [0.4, 0.5) is 30.5 Å². The zero-order chi connectivity index (χ0) is 28.6. The van der Waals surface area contributed by atoms with Crippen LogP contribution < -0.4 is 16.0 Å². The van der Waals surface area contributed by atoms with Gasteiger partial charge in [0.2, 0.25) is 5.95 Å². The molecule has 1 amide bonds. The van der Waals surface area contributed by atoms with Crippen molar-refractivity contribution in [2.45, 2.75) is 32.0 Å². The average Bonchev–Trinajstić information content (AvgIpc) is 2.92. The summed E-state index contributed by atoms with van der Waals surface area (Å²) in [5, 5.41) is 3.58. The molecule has 3 N–H and O–H groups in total. The topological polar surface area (TPSA) is 87.4 Å². The molecule has 0 unspecified atom stereocenters. The summed E-state index contributed by atoms with van der Waals surface area (Å²) in [5.41, 5.74) is 9.26. The summed E-state index contributed by atoms with van der Waals surface area (Å²) >= 11 is 0. The zero-order valence-corrected chi connectivity index (χ0v) is 22.6. The standard InChI is InChI=1S/C30H31F3N6O/c1-18-6-7-20(14-24(18)19-8-10-25-21(13-19)16-35-29(34)37-25)28(40)36-26-15-22(30(31,32)33)9-11-27(26)39-12-4-5-23(17-39)38(2)3/h6-11,13-16,23H,4-5,12,17H2,1-3H3,(H,36,40)(H2,34,35,37)/t23-/m0/s1. The molecule has 0 spiro atoms. The second kappa shape index (κ2) is 10.8. The Bertz CT molecular complexity index is 1570. The van der Waals surface area contributed by atoms with Gasteiger partial charge in [-0.3, -0.25) is 4.79 Å². The van der Waals surface area contributed by atoms with Gasteiger partial charge >= 0.3 is 6.18 Å². The summed E-state index contributed by atoms with van der Waals surface area (Å²) < 4.78 is 40.9. The largest absolute Gasteiger partial charge is 0.416 e. The van der Waals surface area contributed by atoms with Crippen molar-refractivity contribution in [1.29, 1.82) is 0 Å². The van der Waals surface area contributed by atoms with Crippen LogP contribution in [0.3, 0.4) is 0 Å². The van der Waals surface area contributed by atoms with Gasteiger partial charge in [0.1, 0.15) is 0 Å². The van der Waals surface area contributed by atoms with Crippen LogP contribution in [0.5, 0.6) is 0 Å². The summed E-state index contributed by atoms with van der Waals surface area (Å²) in [7, 11) is 3.99. The van der Waals surface area contributed by atoms with Crippen molar-refractivity contribution in [2.75, 3.05) is 43.1 Å². The fourth-order valence-electron chi connectivity index (χ4n) is 5.17. The number of alkyl halides is 3. The third kappa shape index (κ3) is 5.72. The summed E-state index contributed by atoms with van der Waals surface area (Å²) in [5.74, 6) is -0.300. The molecular weight excluding hydrogens is 517 g/mol. The van der Waals surface area contributed by atoms with Crippen molar-refractivity contribution >= 4 is 34.1 Å². The number of rotatable bonds is 5. The van der Waals surface area contributed by atoms with Gasteiger partial charge in [-0.1, -0.05) is 12.1 Å². The molecule has 1 atom stereocenters. The Kier molecular flexibility index (Phi) is 7.37. The first-order valence-electron chi connectivity index (χ1n) is 13.1. The minimum absolute atomic E-state index is 0.141. The van der Waals surface area contributed by atoms with E-state index in [9.17, 15) is 18.0 Å². The number of nitrogen functional groups attached to an aromatic ring is 1. The molecule has 0 radical (unpaired) electrons.